The van der Waals surface area contributed by atoms with Crippen molar-refractivity contribution in [1.82, 2.24) is 15.6 Å². The highest BCUT2D eigenvalue weighted by atomic mass is 16.4. The van der Waals surface area contributed by atoms with Gasteiger partial charge in [-0.05, 0) is 52.7 Å². The summed E-state index contributed by atoms with van der Waals surface area (Å²) in [6.45, 7) is 9.98. The molecule has 4 N–H and O–H groups in total. The van der Waals surface area contributed by atoms with Crippen LogP contribution in [-0.4, -0.2) is 44.3 Å². The Hall–Kier alpha value is -1.99. The Morgan fingerprint density at radius 2 is 1.71 bits per heavy atom. The van der Waals surface area contributed by atoms with Crippen molar-refractivity contribution >= 4 is 11.9 Å². The number of aliphatic carboxylic acids is 2. The van der Waals surface area contributed by atoms with Gasteiger partial charge in [0, 0.05) is 29.9 Å². The summed E-state index contributed by atoms with van der Waals surface area (Å²) >= 11 is 0. The van der Waals surface area contributed by atoms with E-state index in [0.717, 1.165) is 25.1 Å². The smallest absolute Gasteiger partial charge is 0.414 e. The van der Waals surface area contributed by atoms with Gasteiger partial charge in [0.1, 0.15) is 0 Å². The molecule has 0 spiro atoms. The molecule has 24 heavy (non-hydrogen) atoms. The number of nitrogens with one attached hydrogen (secondary N) is 2. The molecule has 0 atom stereocenters. The van der Waals surface area contributed by atoms with E-state index in [1.165, 1.54) is 0 Å². The van der Waals surface area contributed by atoms with Crippen molar-refractivity contribution < 1.29 is 19.8 Å². The molecule has 1 aromatic heterocycles. The summed E-state index contributed by atoms with van der Waals surface area (Å²) in [6, 6.07) is 6.63. The second-order valence-electron chi connectivity index (χ2n) is 7.31. The van der Waals surface area contributed by atoms with E-state index in [1.807, 2.05) is 18.3 Å². The molecule has 0 aromatic carbocycles. The minimum absolute atomic E-state index is 0.198. The number of hydrogen-bond donors (Lipinski definition) is 4. The van der Waals surface area contributed by atoms with Gasteiger partial charge in [0.25, 0.3) is 0 Å². The summed E-state index contributed by atoms with van der Waals surface area (Å²) in [7, 11) is 0. The number of hydrogen-bond acceptors (Lipinski definition) is 5. The first-order valence-corrected chi connectivity index (χ1v) is 7.90. The minimum Gasteiger partial charge on any atom is -0.473 e. The fourth-order valence-corrected chi connectivity index (χ4v) is 3.22. The molecule has 0 unspecified atom stereocenters. The van der Waals surface area contributed by atoms with Crippen LogP contribution in [0.5, 0.6) is 0 Å². The van der Waals surface area contributed by atoms with Gasteiger partial charge in [0.05, 0.1) is 5.69 Å². The molecule has 0 saturated carbocycles. The lowest BCUT2D eigenvalue weighted by atomic mass is 9.79. The van der Waals surface area contributed by atoms with Crippen LogP contribution in [0, 0.1) is 0 Å². The maximum absolute atomic E-state index is 9.10. The molecule has 1 aliphatic rings. The molecule has 1 fully saturated rings. The van der Waals surface area contributed by atoms with Crippen molar-refractivity contribution in [3.63, 3.8) is 0 Å². The van der Waals surface area contributed by atoms with Gasteiger partial charge < -0.3 is 20.8 Å². The van der Waals surface area contributed by atoms with Crippen LogP contribution in [0.2, 0.25) is 0 Å². The monoisotopic (exact) mass is 337 g/mol. The van der Waals surface area contributed by atoms with Crippen LogP contribution in [0.3, 0.4) is 0 Å². The molecular weight excluding hydrogens is 310 g/mol. The number of carboxylic acids is 2. The van der Waals surface area contributed by atoms with Crippen LogP contribution in [0.4, 0.5) is 0 Å². The van der Waals surface area contributed by atoms with Crippen molar-refractivity contribution in [3.05, 3.63) is 30.1 Å². The Labute approximate surface area is 142 Å². The second-order valence-corrected chi connectivity index (χ2v) is 7.31. The maximum Gasteiger partial charge on any atom is 0.414 e. The standard InChI is InChI=1S/C15H25N3.C2H2O4/c1-14(2)9-13(10-15(3,4)18-14)17-11-12-7-5-6-8-16-12;3-1(4)2(5)6/h5-8,13,17-18H,9-11H2,1-4H3;(H,3,4)(H,5,6). The van der Waals surface area contributed by atoms with Gasteiger partial charge in [-0.15, -0.1) is 0 Å². The number of piperidine rings is 1. The molecule has 0 amide bonds. The number of pyridine rings is 1. The van der Waals surface area contributed by atoms with Crippen LogP contribution in [0.1, 0.15) is 46.2 Å². The quantitative estimate of drug-likeness (QED) is 0.620. The zero-order valence-electron chi connectivity index (χ0n) is 14.7. The van der Waals surface area contributed by atoms with Crippen molar-refractivity contribution in [3.8, 4) is 0 Å². The summed E-state index contributed by atoms with van der Waals surface area (Å²) in [4.78, 5) is 22.6. The molecule has 0 radical (unpaired) electrons. The van der Waals surface area contributed by atoms with Crippen LogP contribution >= 0.6 is 0 Å². The number of rotatable bonds is 3. The third-order valence-electron chi connectivity index (χ3n) is 3.67. The Balaban J connectivity index is 0.000000413. The van der Waals surface area contributed by atoms with Gasteiger partial charge in [-0.1, -0.05) is 6.07 Å². The lowest BCUT2D eigenvalue weighted by molar-refractivity contribution is -0.159. The zero-order chi connectivity index (χ0) is 18.4. The molecule has 1 aromatic rings. The fourth-order valence-electron chi connectivity index (χ4n) is 3.22. The van der Waals surface area contributed by atoms with Gasteiger partial charge in [-0.2, -0.15) is 0 Å². The molecule has 134 valence electrons. The van der Waals surface area contributed by atoms with E-state index in [-0.39, 0.29) is 11.1 Å². The van der Waals surface area contributed by atoms with Gasteiger partial charge in [0.2, 0.25) is 0 Å². The number of carboxylic acid groups (broad SMARTS) is 2. The number of carbonyl (C=O) groups is 2. The van der Waals surface area contributed by atoms with Crippen molar-refractivity contribution in [2.24, 2.45) is 0 Å². The molecular formula is C17H27N3O4. The first-order valence-electron chi connectivity index (χ1n) is 7.90. The predicted molar refractivity (Wildman–Crippen MR) is 90.7 cm³/mol. The van der Waals surface area contributed by atoms with Crippen LogP contribution < -0.4 is 10.6 Å². The summed E-state index contributed by atoms with van der Waals surface area (Å²) in [5.74, 6) is -3.65. The first kappa shape index (κ1) is 20.1. The fraction of sp³-hybridized carbons (Fsp3) is 0.588. The van der Waals surface area contributed by atoms with E-state index in [0.29, 0.717) is 6.04 Å². The Morgan fingerprint density at radius 1 is 1.17 bits per heavy atom. The maximum atomic E-state index is 9.10. The van der Waals surface area contributed by atoms with E-state index >= 15 is 0 Å². The van der Waals surface area contributed by atoms with E-state index in [1.54, 1.807) is 0 Å². The largest absolute Gasteiger partial charge is 0.473 e. The molecule has 2 rings (SSSR count). The SMILES string of the molecule is CC1(C)CC(NCc2ccccn2)CC(C)(C)N1.O=C(O)C(=O)O. The molecule has 0 bridgehead atoms. The third-order valence-corrected chi connectivity index (χ3v) is 3.67. The average Bonchev–Trinajstić information content (AvgIpc) is 2.43. The first-order chi connectivity index (χ1) is 11.0. The van der Waals surface area contributed by atoms with Gasteiger partial charge in [-0.3, -0.25) is 4.98 Å². The molecule has 0 aliphatic carbocycles. The van der Waals surface area contributed by atoms with E-state index < -0.39 is 11.9 Å². The summed E-state index contributed by atoms with van der Waals surface area (Å²) in [5.41, 5.74) is 1.51. The number of aromatic nitrogens is 1. The van der Waals surface area contributed by atoms with E-state index in [2.05, 4.69) is 49.4 Å². The van der Waals surface area contributed by atoms with Gasteiger partial charge in [-0.25, -0.2) is 9.59 Å². The summed E-state index contributed by atoms with van der Waals surface area (Å²) < 4.78 is 0. The molecule has 2 heterocycles. The van der Waals surface area contributed by atoms with E-state index in [9.17, 15) is 0 Å². The molecule has 7 heteroatoms. The topological polar surface area (TPSA) is 112 Å². The Morgan fingerprint density at radius 3 is 2.12 bits per heavy atom. The highest BCUT2D eigenvalue weighted by Crippen LogP contribution is 2.28. The minimum atomic E-state index is -1.82. The van der Waals surface area contributed by atoms with Crippen LogP contribution in [0.25, 0.3) is 0 Å². The van der Waals surface area contributed by atoms with Gasteiger partial charge >= 0.3 is 11.9 Å². The highest BCUT2D eigenvalue weighted by molar-refractivity contribution is 6.27. The van der Waals surface area contributed by atoms with Crippen molar-refractivity contribution in [2.45, 2.75) is 64.2 Å². The molecule has 7 nitrogen and oxygen atoms in total. The van der Waals surface area contributed by atoms with Crippen LogP contribution in [-0.2, 0) is 16.1 Å². The molecule has 1 saturated heterocycles. The van der Waals surface area contributed by atoms with Crippen molar-refractivity contribution in [1.29, 1.82) is 0 Å². The van der Waals surface area contributed by atoms with E-state index in [4.69, 9.17) is 19.8 Å². The highest BCUT2D eigenvalue weighted by Gasteiger charge is 2.37. The lowest BCUT2D eigenvalue weighted by Crippen LogP contribution is -2.61. The second kappa shape index (κ2) is 8.21. The average molecular weight is 337 g/mol. The third kappa shape index (κ3) is 7.52. The Bertz CT molecular complexity index is 530. The summed E-state index contributed by atoms with van der Waals surface area (Å²) in [6.07, 6.45) is 4.17. The number of nitrogens with zero attached hydrogens (tertiary/aromatic N) is 1. The summed E-state index contributed by atoms with van der Waals surface area (Å²) in [5, 5.41) is 22.1. The van der Waals surface area contributed by atoms with Gasteiger partial charge in [0.15, 0.2) is 0 Å². The van der Waals surface area contributed by atoms with Crippen molar-refractivity contribution in [2.75, 3.05) is 0 Å². The normalized spacial score (nSPS) is 19.0. The Kier molecular flexibility index (Phi) is 6.86. The molecule has 1 aliphatic heterocycles. The lowest BCUT2D eigenvalue weighted by Gasteiger charge is -2.46. The van der Waals surface area contributed by atoms with Crippen LogP contribution in [0.15, 0.2) is 24.4 Å². The predicted octanol–water partition coefficient (Wildman–Crippen LogP) is 1.64. The zero-order valence-corrected chi connectivity index (χ0v) is 14.7.